The molecule has 0 unspecified atom stereocenters. The number of aromatic hydroxyl groups is 2. The van der Waals surface area contributed by atoms with Gasteiger partial charge in [0.25, 0.3) is 5.69 Å². The summed E-state index contributed by atoms with van der Waals surface area (Å²) in [7, 11) is 0. The lowest BCUT2D eigenvalue weighted by Gasteiger charge is -2.20. The number of ether oxygens (including phenoxy) is 2. The number of nitro groups is 1. The third-order valence-corrected chi connectivity index (χ3v) is 6.88. The third-order valence-electron chi connectivity index (χ3n) is 6.88. The molecule has 0 saturated carbocycles. The minimum atomic E-state index is -1.37. The second-order valence-electron chi connectivity index (χ2n) is 9.76. The number of benzene rings is 5. The Balaban J connectivity index is 1.76. The Morgan fingerprint density at radius 3 is 1.61 bits per heavy atom. The fraction of sp³-hybridized carbons (Fsp3) is 0.0286. The maximum absolute atomic E-state index is 14.1. The van der Waals surface area contributed by atoms with E-state index in [0.717, 1.165) is 0 Å². The van der Waals surface area contributed by atoms with Crippen molar-refractivity contribution >= 4 is 29.2 Å². The fourth-order valence-electron chi connectivity index (χ4n) is 4.66. The van der Waals surface area contributed by atoms with E-state index in [-0.39, 0.29) is 27.9 Å². The van der Waals surface area contributed by atoms with Crippen LogP contribution >= 0.6 is 0 Å². The maximum atomic E-state index is 14.1. The molecule has 2 N–H and O–H groups in total. The molecule has 228 valence electrons. The number of ketones is 2. The van der Waals surface area contributed by atoms with E-state index >= 15 is 0 Å². The van der Waals surface area contributed by atoms with E-state index in [1.165, 1.54) is 97.1 Å². The topological polar surface area (TPSA) is 170 Å². The van der Waals surface area contributed by atoms with Crippen LogP contribution in [0.4, 0.5) is 5.69 Å². The molecule has 5 aromatic rings. The number of esters is 2. The van der Waals surface area contributed by atoms with Crippen molar-refractivity contribution in [3.63, 3.8) is 0 Å². The van der Waals surface area contributed by atoms with Crippen molar-refractivity contribution < 1.29 is 43.8 Å². The van der Waals surface area contributed by atoms with Gasteiger partial charge in [0.15, 0.2) is 23.1 Å². The van der Waals surface area contributed by atoms with E-state index in [1.807, 2.05) is 0 Å². The van der Waals surface area contributed by atoms with E-state index in [2.05, 4.69) is 0 Å². The molecule has 11 heteroatoms. The Kier molecular flexibility index (Phi) is 8.95. The molecular formula is C35H23NO10. The predicted molar refractivity (Wildman–Crippen MR) is 163 cm³/mol. The van der Waals surface area contributed by atoms with Gasteiger partial charge in [-0.15, -0.1) is 0 Å². The van der Waals surface area contributed by atoms with Crippen LogP contribution in [0.5, 0.6) is 17.2 Å². The Bertz CT molecular complexity index is 1970. The van der Waals surface area contributed by atoms with Crippen molar-refractivity contribution in [2.75, 3.05) is 0 Å². The Hall–Kier alpha value is -6.62. The van der Waals surface area contributed by atoms with Crippen LogP contribution in [0.15, 0.2) is 115 Å². The van der Waals surface area contributed by atoms with Gasteiger partial charge in [0, 0.05) is 17.2 Å². The molecule has 11 nitrogen and oxygen atoms in total. The average Bonchev–Trinajstić information content (AvgIpc) is 3.09. The first kappa shape index (κ1) is 30.8. The summed E-state index contributed by atoms with van der Waals surface area (Å²) in [4.78, 5) is 65.9. The maximum Gasteiger partial charge on any atom is 0.343 e. The number of para-hydroxylation sites is 1. The summed E-state index contributed by atoms with van der Waals surface area (Å²) in [5, 5.41) is 34.0. The van der Waals surface area contributed by atoms with Crippen molar-refractivity contribution in [2.45, 2.75) is 6.61 Å². The molecule has 0 bridgehead atoms. The second-order valence-corrected chi connectivity index (χ2v) is 9.76. The molecule has 0 saturated heterocycles. The number of carbonyl (C=O) groups is 4. The van der Waals surface area contributed by atoms with Gasteiger partial charge in [-0.2, -0.15) is 0 Å². The number of hydrogen-bond acceptors (Lipinski definition) is 10. The van der Waals surface area contributed by atoms with Crippen LogP contribution in [0, 0.1) is 10.1 Å². The van der Waals surface area contributed by atoms with Gasteiger partial charge in [-0.1, -0.05) is 91.0 Å². The van der Waals surface area contributed by atoms with E-state index in [1.54, 1.807) is 18.2 Å². The smallest absolute Gasteiger partial charge is 0.343 e. The van der Waals surface area contributed by atoms with Gasteiger partial charge in [0.2, 0.25) is 5.75 Å². The molecule has 0 aliphatic carbocycles. The van der Waals surface area contributed by atoms with E-state index in [9.17, 15) is 39.5 Å². The molecule has 5 aromatic carbocycles. The largest absolute Gasteiger partial charge is 0.504 e. The molecule has 0 aliphatic heterocycles. The van der Waals surface area contributed by atoms with Gasteiger partial charge >= 0.3 is 11.9 Å². The van der Waals surface area contributed by atoms with Gasteiger partial charge in [-0.05, 0) is 18.2 Å². The molecule has 5 rings (SSSR count). The van der Waals surface area contributed by atoms with Gasteiger partial charge in [-0.3, -0.25) is 19.7 Å². The van der Waals surface area contributed by atoms with Crippen LogP contribution in [0.1, 0.15) is 58.1 Å². The summed E-state index contributed by atoms with van der Waals surface area (Å²) in [6.07, 6.45) is 0. The van der Waals surface area contributed by atoms with Gasteiger partial charge < -0.3 is 19.7 Å². The summed E-state index contributed by atoms with van der Waals surface area (Å²) in [5.74, 6) is -7.59. The number of phenols is 2. The van der Waals surface area contributed by atoms with Crippen molar-refractivity contribution in [3.8, 4) is 17.2 Å². The van der Waals surface area contributed by atoms with Gasteiger partial charge in [0.1, 0.15) is 6.61 Å². The number of rotatable bonds is 10. The summed E-state index contributed by atoms with van der Waals surface area (Å²) in [5.41, 5.74) is -2.81. The van der Waals surface area contributed by atoms with Crippen LogP contribution in [-0.2, 0) is 11.3 Å². The molecule has 0 radical (unpaired) electrons. The zero-order chi connectivity index (χ0) is 32.8. The minimum absolute atomic E-state index is 0.00412. The molecule has 0 atom stereocenters. The SMILES string of the molecule is O=C(Oc1c(O)c(O)c(C(=O)c2ccccc2)c(C(=O)OCc2ccccc2[N+](=O)[O-])c1C(=O)c1ccccc1)c1ccccc1. The van der Waals surface area contributed by atoms with E-state index < -0.39 is 69.0 Å². The molecule has 0 amide bonds. The zero-order valence-electron chi connectivity index (χ0n) is 23.8. The molecular weight excluding hydrogens is 594 g/mol. The highest BCUT2D eigenvalue weighted by molar-refractivity contribution is 6.24. The Labute approximate surface area is 261 Å². The van der Waals surface area contributed by atoms with Crippen molar-refractivity contribution in [3.05, 3.63) is 164 Å². The number of nitro benzene ring substituents is 1. The minimum Gasteiger partial charge on any atom is -0.504 e. The normalized spacial score (nSPS) is 10.5. The number of carbonyl (C=O) groups excluding carboxylic acids is 4. The highest BCUT2D eigenvalue weighted by atomic mass is 16.6. The summed E-state index contributed by atoms with van der Waals surface area (Å²) in [6, 6.07) is 27.8. The lowest BCUT2D eigenvalue weighted by Crippen LogP contribution is -2.21. The number of phenolic OH excluding ortho intramolecular Hbond substituents is 2. The summed E-state index contributed by atoms with van der Waals surface area (Å²) in [6.45, 7) is -0.672. The summed E-state index contributed by atoms with van der Waals surface area (Å²) < 4.78 is 10.9. The molecule has 0 aromatic heterocycles. The Morgan fingerprint density at radius 2 is 1.07 bits per heavy atom. The van der Waals surface area contributed by atoms with Crippen molar-refractivity contribution in [1.82, 2.24) is 0 Å². The van der Waals surface area contributed by atoms with Gasteiger partial charge in [-0.25, -0.2) is 9.59 Å². The van der Waals surface area contributed by atoms with Crippen molar-refractivity contribution in [2.24, 2.45) is 0 Å². The molecule has 0 spiro atoms. The van der Waals surface area contributed by atoms with Crippen molar-refractivity contribution in [1.29, 1.82) is 0 Å². The average molecular weight is 618 g/mol. The monoisotopic (exact) mass is 617 g/mol. The number of nitrogens with zero attached hydrogens (tertiary/aromatic N) is 1. The predicted octanol–water partition coefficient (Wildman–Crippen LogP) is 6.04. The van der Waals surface area contributed by atoms with E-state index in [4.69, 9.17) is 9.47 Å². The first-order valence-corrected chi connectivity index (χ1v) is 13.7. The lowest BCUT2D eigenvalue weighted by molar-refractivity contribution is -0.385. The van der Waals surface area contributed by atoms with Crippen LogP contribution in [0.25, 0.3) is 0 Å². The van der Waals surface area contributed by atoms with E-state index in [0.29, 0.717) is 0 Å². The lowest BCUT2D eigenvalue weighted by atomic mass is 9.88. The van der Waals surface area contributed by atoms with Crippen LogP contribution in [-0.4, -0.2) is 38.6 Å². The highest BCUT2D eigenvalue weighted by Crippen LogP contribution is 2.46. The number of hydrogen-bond donors (Lipinski definition) is 2. The zero-order valence-corrected chi connectivity index (χ0v) is 23.8. The highest BCUT2D eigenvalue weighted by Gasteiger charge is 2.37. The molecule has 46 heavy (non-hydrogen) atoms. The summed E-state index contributed by atoms with van der Waals surface area (Å²) >= 11 is 0. The first-order valence-electron chi connectivity index (χ1n) is 13.7. The fourth-order valence-corrected chi connectivity index (χ4v) is 4.66. The second kappa shape index (κ2) is 13.3. The van der Waals surface area contributed by atoms with Crippen LogP contribution in [0.2, 0.25) is 0 Å². The van der Waals surface area contributed by atoms with Gasteiger partial charge in [0.05, 0.1) is 32.7 Å². The van der Waals surface area contributed by atoms with Crippen LogP contribution < -0.4 is 4.74 Å². The molecule has 0 fully saturated rings. The first-order chi connectivity index (χ1) is 22.2. The standard InChI is InChI=1S/C35H23NO10/c37-29(21-12-4-1-5-13-21)27-26(35(42)45-20-24-18-10-11-19-25(24)36(43)44)28(30(38)22-14-6-2-7-15-22)33(32(40)31(27)39)46-34(41)23-16-8-3-9-17-23/h1-19,39-40H,20H2. The third kappa shape index (κ3) is 6.19. The molecule has 0 aliphatic rings. The Morgan fingerprint density at radius 1 is 0.587 bits per heavy atom. The molecule has 0 heterocycles. The van der Waals surface area contributed by atoms with Crippen LogP contribution in [0.3, 0.4) is 0 Å². The quantitative estimate of drug-likeness (QED) is 0.0470.